The highest BCUT2D eigenvalue weighted by Gasteiger charge is 2.31. The third kappa shape index (κ3) is 4.17. The Balaban J connectivity index is 2.10. The molecule has 0 bridgehead atoms. The van der Waals surface area contributed by atoms with E-state index in [-0.39, 0.29) is 17.5 Å². The molecule has 2 heterocycles. The van der Waals surface area contributed by atoms with Crippen molar-refractivity contribution in [2.24, 2.45) is 0 Å². The van der Waals surface area contributed by atoms with Gasteiger partial charge in [0, 0.05) is 31.9 Å². The van der Waals surface area contributed by atoms with Gasteiger partial charge in [-0.25, -0.2) is 13.4 Å². The highest BCUT2D eigenvalue weighted by atomic mass is 32.2. The van der Waals surface area contributed by atoms with Crippen molar-refractivity contribution < 1.29 is 8.42 Å². The lowest BCUT2D eigenvalue weighted by atomic mass is 10.1. The van der Waals surface area contributed by atoms with Crippen molar-refractivity contribution in [1.82, 2.24) is 10.3 Å². The summed E-state index contributed by atoms with van der Waals surface area (Å²) in [7, 11) is -0.930. The molecule has 118 valence electrons. The van der Waals surface area contributed by atoms with Gasteiger partial charge in [-0.1, -0.05) is 13.8 Å². The maximum atomic E-state index is 11.6. The SMILES string of the molecule is Cc1cc(CNC(C)C)cnc1N(C)C1CCS(=O)(=O)C1. The van der Waals surface area contributed by atoms with Crippen LogP contribution in [0.4, 0.5) is 5.82 Å². The van der Waals surface area contributed by atoms with Crippen molar-refractivity contribution in [2.75, 3.05) is 23.5 Å². The molecule has 1 aromatic rings. The summed E-state index contributed by atoms with van der Waals surface area (Å²) in [5, 5.41) is 3.37. The van der Waals surface area contributed by atoms with E-state index in [2.05, 4.69) is 30.2 Å². The van der Waals surface area contributed by atoms with Gasteiger partial charge < -0.3 is 10.2 Å². The molecule has 21 heavy (non-hydrogen) atoms. The first-order valence-electron chi connectivity index (χ1n) is 7.40. The molecule has 0 radical (unpaired) electrons. The van der Waals surface area contributed by atoms with Gasteiger partial charge in [0.05, 0.1) is 11.5 Å². The minimum Gasteiger partial charge on any atom is -0.355 e. The number of hydrogen-bond acceptors (Lipinski definition) is 5. The lowest BCUT2D eigenvalue weighted by Crippen LogP contribution is -2.33. The van der Waals surface area contributed by atoms with Gasteiger partial charge in [0.2, 0.25) is 0 Å². The van der Waals surface area contributed by atoms with Gasteiger partial charge in [0.25, 0.3) is 0 Å². The van der Waals surface area contributed by atoms with E-state index >= 15 is 0 Å². The lowest BCUT2D eigenvalue weighted by molar-refractivity contribution is 0.587. The summed E-state index contributed by atoms with van der Waals surface area (Å²) in [6, 6.07) is 2.61. The molecule has 0 aliphatic carbocycles. The number of rotatable bonds is 5. The first kappa shape index (κ1) is 16.2. The number of anilines is 1. The molecule has 1 saturated heterocycles. The number of aromatic nitrogens is 1. The van der Waals surface area contributed by atoms with E-state index in [0.717, 1.165) is 23.5 Å². The molecule has 1 N–H and O–H groups in total. The first-order valence-corrected chi connectivity index (χ1v) is 9.23. The van der Waals surface area contributed by atoms with Gasteiger partial charge in [-0.15, -0.1) is 0 Å². The monoisotopic (exact) mass is 311 g/mol. The van der Waals surface area contributed by atoms with Crippen molar-refractivity contribution in [3.63, 3.8) is 0 Å². The van der Waals surface area contributed by atoms with E-state index in [1.54, 1.807) is 0 Å². The van der Waals surface area contributed by atoms with Crippen molar-refractivity contribution in [2.45, 2.75) is 45.8 Å². The largest absolute Gasteiger partial charge is 0.355 e. The Morgan fingerprint density at radius 3 is 2.71 bits per heavy atom. The van der Waals surface area contributed by atoms with Gasteiger partial charge in [0.1, 0.15) is 5.82 Å². The average molecular weight is 311 g/mol. The molecule has 1 aliphatic heterocycles. The molecule has 0 spiro atoms. The summed E-state index contributed by atoms with van der Waals surface area (Å²) >= 11 is 0. The zero-order valence-electron chi connectivity index (χ0n) is 13.3. The third-order valence-electron chi connectivity index (χ3n) is 3.91. The van der Waals surface area contributed by atoms with Gasteiger partial charge in [0.15, 0.2) is 9.84 Å². The second kappa shape index (κ2) is 6.32. The molecule has 1 atom stereocenters. The van der Waals surface area contributed by atoms with Gasteiger partial charge in [-0.3, -0.25) is 0 Å². The standard InChI is InChI=1S/C15H25N3O2S/c1-11(2)16-8-13-7-12(3)15(17-9-13)18(4)14-5-6-21(19,20)10-14/h7,9,11,14,16H,5-6,8,10H2,1-4H3. The summed E-state index contributed by atoms with van der Waals surface area (Å²) in [5.41, 5.74) is 2.24. The van der Waals surface area contributed by atoms with E-state index < -0.39 is 9.84 Å². The Bertz CT molecular complexity index is 599. The predicted molar refractivity (Wildman–Crippen MR) is 86.4 cm³/mol. The van der Waals surface area contributed by atoms with Crippen LogP contribution in [0.25, 0.3) is 0 Å². The van der Waals surface area contributed by atoms with Crippen LogP contribution in [0, 0.1) is 6.92 Å². The highest BCUT2D eigenvalue weighted by Crippen LogP contribution is 2.24. The molecule has 5 nitrogen and oxygen atoms in total. The smallest absolute Gasteiger partial charge is 0.152 e. The quantitative estimate of drug-likeness (QED) is 0.893. The van der Waals surface area contributed by atoms with Crippen LogP contribution < -0.4 is 10.2 Å². The summed E-state index contributed by atoms with van der Waals surface area (Å²) in [5.74, 6) is 1.41. The van der Waals surface area contributed by atoms with Gasteiger partial charge in [-0.05, 0) is 30.5 Å². The van der Waals surface area contributed by atoms with E-state index in [0.29, 0.717) is 12.5 Å². The Morgan fingerprint density at radius 2 is 2.19 bits per heavy atom. The van der Waals surface area contributed by atoms with Crippen LogP contribution in [0.1, 0.15) is 31.4 Å². The fraction of sp³-hybridized carbons (Fsp3) is 0.667. The molecule has 1 fully saturated rings. The molecule has 0 amide bonds. The van der Waals surface area contributed by atoms with Crippen LogP contribution in [0.2, 0.25) is 0 Å². The second-order valence-corrected chi connectivity index (χ2v) is 8.42. The summed E-state index contributed by atoms with van der Waals surface area (Å²) < 4.78 is 23.2. The summed E-state index contributed by atoms with van der Waals surface area (Å²) in [6.07, 6.45) is 2.56. The lowest BCUT2D eigenvalue weighted by Gasteiger charge is -2.26. The van der Waals surface area contributed by atoms with E-state index in [1.807, 2.05) is 25.1 Å². The Morgan fingerprint density at radius 1 is 1.48 bits per heavy atom. The minimum atomic E-state index is -2.87. The number of hydrogen-bond donors (Lipinski definition) is 1. The molecule has 6 heteroatoms. The minimum absolute atomic E-state index is 0.0424. The van der Waals surface area contributed by atoms with E-state index in [4.69, 9.17) is 0 Å². The van der Waals surface area contributed by atoms with Gasteiger partial charge in [-0.2, -0.15) is 0 Å². The molecule has 2 rings (SSSR count). The molecular weight excluding hydrogens is 286 g/mol. The Kier molecular flexibility index (Phi) is 4.88. The summed E-state index contributed by atoms with van der Waals surface area (Å²) in [6.45, 7) is 7.06. The zero-order chi connectivity index (χ0) is 15.6. The molecule has 0 aromatic carbocycles. The Hall–Kier alpha value is -1.14. The van der Waals surface area contributed by atoms with Crippen LogP contribution in [-0.2, 0) is 16.4 Å². The Labute approximate surface area is 127 Å². The van der Waals surface area contributed by atoms with Crippen LogP contribution in [0.5, 0.6) is 0 Å². The highest BCUT2D eigenvalue weighted by molar-refractivity contribution is 7.91. The maximum Gasteiger partial charge on any atom is 0.152 e. The first-order chi connectivity index (χ1) is 9.78. The molecular formula is C15H25N3O2S. The van der Waals surface area contributed by atoms with Crippen LogP contribution in [0.15, 0.2) is 12.3 Å². The van der Waals surface area contributed by atoms with E-state index in [1.165, 1.54) is 0 Å². The van der Waals surface area contributed by atoms with Crippen molar-refractivity contribution in [1.29, 1.82) is 0 Å². The van der Waals surface area contributed by atoms with Crippen molar-refractivity contribution >= 4 is 15.7 Å². The molecule has 1 aromatic heterocycles. The molecule has 1 unspecified atom stereocenters. The van der Waals surface area contributed by atoms with Crippen molar-refractivity contribution in [3.8, 4) is 0 Å². The number of pyridine rings is 1. The predicted octanol–water partition coefficient (Wildman–Crippen LogP) is 1.51. The zero-order valence-corrected chi connectivity index (χ0v) is 14.1. The fourth-order valence-corrected chi connectivity index (χ4v) is 4.44. The van der Waals surface area contributed by atoms with Crippen LogP contribution in [-0.4, -0.2) is 44.0 Å². The topological polar surface area (TPSA) is 62.3 Å². The van der Waals surface area contributed by atoms with Crippen molar-refractivity contribution in [3.05, 3.63) is 23.4 Å². The number of nitrogens with one attached hydrogen (secondary N) is 1. The van der Waals surface area contributed by atoms with Gasteiger partial charge >= 0.3 is 0 Å². The number of sulfone groups is 1. The second-order valence-electron chi connectivity index (χ2n) is 6.19. The van der Waals surface area contributed by atoms with Crippen LogP contribution in [0.3, 0.4) is 0 Å². The molecule has 1 aliphatic rings. The van der Waals surface area contributed by atoms with Crippen LogP contribution >= 0.6 is 0 Å². The maximum absolute atomic E-state index is 11.6. The third-order valence-corrected chi connectivity index (χ3v) is 5.66. The van der Waals surface area contributed by atoms with E-state index in [9.17, 15) is 8.42 Å². The fourth-order valence-electron chi connectivity index (χ4n) is 2.67. The molecule has 0 saturated carbocycles. The normalized spacial score (nSPS) is 20.9. The number of nitrogens with zero attached hydrogens (tertiary/aromatic N) is 2. The summed E-state index contributed by atoms with van der Waals surface area (Å²) in [4.78, 5) is 6.55. The average Bonchev–Trinajstić information content (AvgIpc) is 2.76. The number of aryl methyl sites for hydroxylation is 1.